The Morgan fingerprint density at radius 2 is 1.96 bits per heavy atom. The summed E-state index contributed by atoms with van der Waals surface area (Å²) in [5.41, 5.74) is 2.17. The monoisotopic (exact) mass is 337 g/mol. The minimum atomic E-state index is -0.498. The summed E-state index contributed by atoms with van der Waals surface area (Å²) in [7, 11) is 1.29. The Bertz CT molecular complexity index is 858. The first-order chi connectivity index (χ1) is 12.2. The van der Waals surface area contributed by atoms with Crippen LogP contribution in [0.4, 0.5) is 5.69 Å². The molecular weight excluding hydrogens is 322 g/mol. The van der Waals surface area contributed by atoms with E-state index >= 15 is 0 Å². The fraction of sp³-hybridized carbons (Fsp3) is 0.118. The van der Waals surface area contributed by atoms with Crippen LogP contribution in [0.15, 0.2) is 55.2 Å². The highest BCUT2D eigenvalue weighted by atomic mass is 16.5. The summed E-state index contributed by atoms with van der Waals surface area (Å²) in [6, 6.07) is 10.4. The van der Waals surface area contributed by atoms with Crippen molar-refractivity contribution >= 4 is 17.6 Å². The molecular formula is C17H15N5O3. The van der Waals surface area contributed by atoms with Crippen LogP contribution >= 0.6 is 0 Å². The number of benzene rings is 1. The molecule has 1 amide bonds. The molecule has 0 saturated carbocycles. The van der Waals surface area contributed by atoms with Crippen LogP contribution in [0.2, 0.25) is 0 Å². The van der Waals surface area contributed by atoms with Crippen molar-refractivity contribution in [1.82, 2.24) is 19.7 Å². The summed E-state index contributed by atoms with van der Waals surface area (Å²) >= 11 is 0. The second kappa shape index (κ2) is 7.35. The molecule has 0 bridgehead atoms. The lowest BCUT2D eigenvalue weighted by molar-refractivity contribution is 0.0600. The molecule has 0 aliphatic rings. The molecule has 3 aromatic rings. The Balaban J connectivity index is 1.63. The van der Waals surface area contributed by atoms with E-state index in [9.17, 15) is 9.59 Å². The molecule has 0 spiro atoms. The topological polar surface area (TPSA) is 99.0 Å². The number of hydrogen-bond acceptors (Lipinski definition) is 6. The molecule has 2 heterocycles. The van der Waals surface area contributed by atoms with Crippen LogP contribution in [0.3, 0.4) is 0 Å². The zero-order valence-electron chi connectivity index (χ0n) is 13.4. The predicted molar refractivity (Wildman–Crippen MR) is 89.1 cm³/mol. The number of carbonyl (C=O) groups is 2. The quantitative estimate of drug-likeness (QED) is 0.712. The number of methoxy groups -OCH3 is 1. The number of nitrogens with one attached hydrogen (secondary N) is 1. The van der Waals surface area contributed by atoms with Crippen LogP contribution in [-0.4, -0.2) is 38.7 Å². The summed E-state index contributed by atoms with van der Waals surface area (Å²) in [5.74, 6) is -0.858. The first kappa shape index (κ1) is 16.3. The molecule has 1 N–H and O–H groups in total. The van der Waals surface area contributed by atoms with Gasteiger partial charge in [-0.2, -0.15) is 5.10 Å². The third-order valence-electron chi connectivity index (χ3n) is 3.44. The SMILES string of the molecule is COC(=O)c1ccc(C(=O)Nc2ccc(Cn3cncn3)cc2)nc1. The van der Waals surface area contributed by atoms with Gasteiger partial charge in [0.2, 0.25) is 0 Å². The number of amides is 1. The molecule has 0 fully saturated rings. The Morgan fingerprint density at radius 3 is 2.56 bits per heavy atom. The third kappa shape index (κ3) is 4.05. The van der Waals surface area contributed by atoms with E-state index in [4.69, 9.17) is 0 Å². The lowest BCUT2D eigenvalue weighted by atomic mass is 10.2. The number of aromatic nitrogens is 4. The molecule has 8 heteroatoms. The van der Waals surface area contributed by atoms with E-state index in [2.05, 4.69) is 25.1 Å². The van der Waals surface area contributed by atoms with E-state index in [1.165, 1.54) is 31.8 Å². The molecule has 0 aliphatic heterocycles. The smallest absolute Gasteiger partial charge is 0.339 e. The van der Waals surface area contributed by atoms with E-state index in [0.717, 1.165) is 5.56 Å². The maximum atomic E-state index is 12.2. The highest BCUT2D eigenvalue weighted by molar-refractivity contribution is 6.03. The van der Waals surface area contributed by atoms with Crippen molar-refractivity contribution in [1.29, 1.82) is 0 Å². The number of ether oxygens (including phenoxy) is 1. The van der Waals surface area contributed by atoms with Gasteiger partial charge < -0.3 is 10.1 Å². The number of nitrogens with zero attached hydrogens (tertiary/aromatic N) is 4. The summed E-state index contributed by atoms with van der Waals surface area (Å²) in [6.45, 7) is 0.602. The van der Waals surface area contributed by atoms with Crippen molar-refractivity contribution in [2.75, 3.05) is 12.4 Å². The van der Waals surface area contributed by atoms with E-state index in [1.807, 2.05) is 12.1 Å². The van der Waals surface area contributed by atoms with Gasteiger partial charge >= 0.3 is 5.97 Å². The molecule has 2 aromatic heterocycles. The number of carbonyl (C=O) groups excluding carboxylic acids is 2. The number of esters is 1. The zero-order valence-corrected chi connectivity index (χ0v) is 13.4. The van der Waals surface area contributed by atoms with Crippen LogP contribution in [0, 0.1) is 0 Å². The molecule has 3 rings (SSSR count). The van der Waals surface area contributed by atoms with Crippen LogP contribution in [-0.2, 0) is 11.3 Å². The van der Waals surface area contributed by atoms with Gasteiger partial charge in [0.05, 0.1) is 19.2 Å². The van der Waals surface area contributed by atoms with Crippen molar-refractivity contribution in [3.05, 3.63) is 72.1 Å². The first-order valence-electron chi connectivity index (χ1n) is 7.43. The Hall–Kier alpha value is -3.55. The Morgan fingerprint density at radius 1 is 1.16 bits per heavy atom. The maximum absolute atomic E-state index is 12.2. The molecule has 0 saturated heterocycles. The van der Waals surface area contributed by atoms with Gasteiger partial charge in [-0.05, 0) is 29.8 Å². The summed E-state index contributed by atoms with van der Waals surface area (Å²) in [5, 5.41) is 6.80. The van der Waals surface area contributed by atoms with Gasteiger partial charge in [0.25, 0.3) is 5.91 Å². The molecule has 0 radical (unpaired) electrons. The predicted octanol–water partition coefficient (Wildman–Crippen LogP) is 1.76. The zero-order chi connectivity index (χ0) is 17.6. The van der Waals surface area contributed by atoms with Crippen LogP contribution < -0.4 is 5.32 Å². The standard InChI is InChI=1S/C17H15N5O3/c1-25-17(24)13-4-7-15(19-8-13)16(23)21-14-5-2-12(3-6-14)9-22-11-18-10-20-22/h2-8,10-11H,9H2,1H3,(H,21,23). The first-order valence-corrected chi connectivity index (χ1v) is 7.43. The van der Waals surface area contributed by atoms with Gasteiger partial charge in [-0.1, -0.05) is 12.1 Å². The largest absolute Gasteiger partial charge is 0.465 e. The number of rotatable bonds is 5. The fourth-order valence-corrected chi connectivity index (χ4v) is 2.16. The van der Waals surface area contributed by atoms with Gasteiger partial charge in [-0.25, -0.2) is 14.5 Å². The number of pyridine rings is 1. The number of anilines is 1. The number of hydrogen-bond donors (Lipinski definition) is 1. The Labute approximate surface area is 143 Å². The van der Waals surface area contributed by atoms with E-state index in [0.29, 0.717) is 12.2 Å². The maximum Gasteiger partial charge on any atom is 0.339 e. The fourth-order valence-electron chi connectivity index (χ4n) is 2.16. The van der Waals surface area contributed by atoms with E-state index in [-0.39, 0.29) is 17.2 Å². The minimum Gasteiger partial charge on any atom is -0.465 e. The van der Waals surface area contributed by atoms with Gasteiger partial charge in [-0.15, -0.1) is 0 Å². The van der Waals surface area contributed by atoms with E-state index < -0.39 is 5.97 Å². The summed E-state index contributed by atoms with van der Waals surface area (Å²) in [4.78, 5) is 31.4. The average Bonchev–Trinajstić information content (AvgIpc) is 3.16. The highest BCUT2D eigenvalue weighted by Gasteiger charge is 2.10. The highest BCUT2D eigenvalue weighted by Crippen LogP contribution is 2.12. The molecule has 0 unspecified atom stereocenters. The molecule has 0 aliphatic carbocycles. The van der Waals surface area contributed by atoms with Crippen molar-refractivity contribution in [2.24, 2.45) is 0 Å². The van der Waals surface area contributed by atoms with Crippen molar-refractivity contribution in [3.63, 3.8) is 0 Å². The van der Waals surface area contributed by atoms with Crippen LogP contribution in [0.1, 0.15) is 26.4 Å². The summed E-state index contributed by atoms with van der Waals surface area (Å²) in [6.07, 6.45) is 4.42. The lowest BCUT2D eigenvalue weighted by Gasteiger charge is -2.07. The molecule has 0 atom stereocenters. The normalized spacial score (nSPS) is 10.3. The summed E-state index contributed by atoms with van der Waals surface area (Å²) < 4.78 is 6.30. The van der Waals surface area contributed by atoms with Gasteiger partial charge in [0, 0.05) is 11.9 Å². The van der Waals surface area contributed by atoms with Crippen LogP contribution in [0.25, 0.3) is 0 Å². The second-order valence-corrected chi connectivity index (χ2v) is 5.17. The van der Waals surface area contributed by atoms with E-state index in [1.54, 1.807) is 23.1 Å². The van der Waals surface area contributed by atoms with Gasteiger partial charge in [0.1, 0.15) is 18.3 Å². The van der Waals surface area contributed by atoms with Crippen molar-refractivity contribution < 1.29 is 14.3 Å². The minimum absolute atomic E-state index is 0.208. The molecule has 1 aromatic carbocycles. The second-order valence-electron chi connectivity index (χ2n) is 5.17. The van der Waals surface area contributed by atoms with Crippen molar-refractivity contribution in [3.8, 4) is 0 Å². The Kier molecular flexibility index (Phi) is 4.79. The molecule has 126 valence electrons. The third-order valence-corrected chi connectivity index (χ3v) is 3.44. The van der Waals surface area contributed by atoms with Gasteiger partial charge in [0.15, 0.2) is 0 Å². The average molecular weight is 337 g/mol. The van der Waals surface area contributed by atoms with Crippen molar-refractivity contribution in [2.45, 2.75) is 6.54 Å². The lowest BCUT2D eigenvalue weighted by Crippen LogP contribution is -2.14. The van der Waals surface area contributed by atoms with Gasteiger partial charge in [-0.3, -0.25) is 9.78 Å². The molecule has 8 nitrogen and oxygen atoms in total. The molecule has 25 heavy (non-hydrogen) atoms. The van der Waals surface area contributed by atoms with Crippen LogP contribution in [0.5, 0.6) is 0 Å².